The van der Waals surface area contributed by atoms with Crippen LogP contribution in [-0.4, -0.2) is 6.54 Å². The maximum absolute atomic E-state index is 13.4. The van der Waals surface area contributed by atoms with Gasteiger partial charge in [0.25, 0.3) is 0 Å². The van der Waals surface area contributed by atoms with E-state index in [4.69, 9.17) is 4.42 Å². The van der Waals surface area contributed by atoms with Crippen LogP contribution in [0.15, 0.2) is 27.1 Å². The molecule has 0 aliphatic rings. The van der Waals surface area contributed by atoms with Crippen molar-refractivity contribution in [1.29, 1.82) is 0 Å². The lowest BCUT2D eigenvalue weighted by Gasteiger charge is -2.11. The zero-order valence-electron chi connectivity index (χ0n) is 9.89. The second kappa shape index (κ2) is 5.19. The summed E-state index contributed by atoms with van der Waals surface area (Å²) in [4.78, 5) is 0. The molecule has 0 aliphatic heterocycles. The van der Waals surface area contributed by atoms with E-state index in [2.05, 4.69) is 35.1 Å². The topological polar surface area (TPSA) is 25.2 Å². The number of halogens is 2. The van der Waals surface area contributed by atoms with E-state index in [0.717, 1.165) is 24.1 Å². The molecule has 17 heavy (non-hydrogen) atoms. The molecule has 0 bridgehead atoms. The third-order valence-electron chi connectivity index (χ3n) is 2.78. The summed E-state index contributed by atoms with van der Waals surface area (Å²) in [7, 11) is 0. The molecule has 2 nitrogen and oxygen atoms in total. The summed E-state index contributed by atoms with van der Waals surface area (Å²) in [6.45, 7) is 5.03. The first-order valence-electron chi connectivity index (χ1n) is 5.77. The minimum Gasteiger partial charge on any atom is -0.459 e. The Labute approximate surface area is 108 Å². The maximum atomic E-state index is 13.4. The van der Waals surface area contributed by atoms with Crippen LogP contribution in [0.1, 0.15) is 32.1 Å². The Morgan fingerprint density at radius 3 is 2.76 bits per heavy atom. The van der Waals surface area contributed by atoms with Gasteiger partial charge < -0.3 is 9.73 Å². The Kier molecular flexibility index (Phi) is 3.84. The van der Waals surface area contributed by atoms with E-state index in [-0.39, 0.29) is 11.9 Å². The summed E-state index contributed by atoms with van der Waals surface area (Å²) < 4.78 is 19.5. The molecule has 1 aromatic heterocycles. The zero-order chi connectivity index (χ0) is 12.4. The van der Waals surface area contributed by atoms with Crippen LogP contribution in [0.5, 0.6) is 0 Å². The predicted molar refractivity (Wildman–Crippen MR) is 70.6 cm³/mol. The van der Waals surface area contributed by atoms with E-state index in [0.29, 0.717) is 10.1 Å². The van der Waals surface area contributed by atoms with Gasteiger partial charge in [-0.3, -0.25) is 0 Å². The smallest absolute Gasteiger partial charge is 0.141 e. The number of hydrogen-bond donors (Lipinski definition) is 1. The minimum atomic E-state index is -0.296. The summed E-state index contributed by atoms with van der Waals surface area (Å²) in [5, 5.41) is 4.26. The molecular weight excluding hydrogens is 285 g/mol. The van der Waals surface area contributed by atoms with Crippen molar-refractivity contribution in [2.45, 2.75) is 26.3 Å². The highest BCUT2D eigenvalue weighted by molar-refractivity contribution is 9.10. The van der Waals surface area contributed by atoms with Crippen LogP contribution < -0.4 is 5.32 Å². The predicted octanol–water partition coefficient (Wildman–Crippen LogP) is 4.40. The molecule has 1 N–H and O–H groups in total. The molecule has 4 heteroatoms. The Bertz CT molecular complexity index is 484. The largest absolute Gasteiger partial charge is 0.459 e. The molecule has 0 saturated heterocycles. The fourth-order valence-corrected chi connectivity index (χ4v) is 2.28. The highest BCUT2D eigenvalue weighted by Crippen LogP contribution is 2.29. The number of nitrogens with one attached hydrogen (secondary N) is 1. The van der Waals surface area contributed by atoms with E-state index in [1.807, 2.05) is 6.07 Å². The number of rotatable bonds is 4. The van der Waals surface area contributed by atoms with E-state index in [1.54, 1.807) is 6.07 Å². The standard InChI is InChI=1S/C13H15BrFNO/c1-3-11(16-4-2)13-6-8-5-9(14)10(15)7-12(8)17-13/h5-7,11,16H,3-4H2,1-2H3. The molecule has 92 valence electrons. The first kappa shape index (κ1) is 12.6. The van der Waals surface area contributed by atoms with Gasteiger partial charge in [0, 0.05) is 11.5 Å². The lowest BCUT2D eigenvalue weighted by molar-refractivity contribution is 0.427. The van der Waals surface area contributed by atoms with Gasteiger partial charge in [-0.2, -0.15) is 0 Å². The molecular formula is C13H15BrFNO. The van der Waals surface area contributed by atoms with Crippen LogP contribution in [-0.2, 0) is 0 Å². The average Bonchev–Trinajstić information content (AvgIpc) is 2.69. The van der Waals surface area contributed by atoms with Crippen molar-refractivity contribution in [1.82, 2.24) is 5.32 Å². The van der Waals surface area contributed by atoms with Gasteiger partial charge in [-0.05, 0) is 41.0 Å². The number of furan rings is 1. The van der Waals surface area contributed by atoms with Gasteiger partial charge in [0.2, 0.25) is 0 Å². The van der Waals surface area contributed by atoms with Gasteiger partial charge in [-0.1, -0.05) is 13.8 Å². The monoisotopic (exact) mass is 299 g/mol. The molecule has 0 fully saturated rings. The SMILES string of the molecule is CCNC(CC)c1cc2cc(Br)c(F)cc2o1. The van der Waals surface area contributed by atoms with Crippen LogP contribution in [0.2, 0.25) is 0 Å². The van der Waals surface area contributed by atoms with E-state index >= 15 is 0 Å². The molecule has 0 saturated carbocycles. The summed E-state index contributed by atoms with van der Waals surface area (Å²) in [6, 6.07) is 5.32. The second-order valence-electron chi connectivity index (χ2n) is 3.97. The molecule has 1 atom stereocenters. The summed E-state index contributed by atoms with van der Waals surface area (Å²) >= 11 is 3.18. The Morgan fingerprint density at radius 2 is 2.12 bits per heavy atom. The third-order valence-corrected chi connectivity index (χ3v) is 3.39. The fourth-order valence-electron chi connectivity index (χ4n) is 1.92. The van der Waals surface area contributed by atoms with Crippen LogP contribution in [0.25, 0.3) is 11.0 Å². The highest BCUT2D eigenvalue weighted by atomic mass is 79.9. The Morgan fingerprint density at radius 1 is 1.35 bits per heavy atom. The first-order chi connectivity index (χ1) is 8.15. The van der Waals surface area contributed by atoms with Gasteiger partial charge >= 0.3 is 0 Å². The molecule has 0 aliphatic carbocycles. The quantitative estimate of drug-likeness (QED) is 0.905. The maximum Gasteiger partial charge on any atom is 0.141 e. The van der Waals surface area contributed by atoms with Crippen molar-refractivity contribution >= 4 is 26.9 Å². The van der Waals surface area contributed by atoms with Crippen LogP contribution in [0.3, 0.4) is 0 Å². The molecule has 2 aromatic rings. The Hall–Kier alpha value is -0.870. The summed E-state index contributed by atoms with van der Waals surface area (Å²) in [5.74, 6) is 0.566. The average molecular weight is 300 g/mol. The van der Waals surface area contributed by atoms with Crippen molar-refractivity contribution in [3.63, 3.8) is 0 Å². The van der Waals surface area contributed by atoms with Gasteiger partial charge in [0.1, 0.15) is 17.2 Å². The van der Waals surface area contributed by atoms with Crippen molar-refractivity contribution in [3.05, 3.63) is 34.2 Å². The van der Waals surface area contributed by atoms with Crippen LogP contribution >= 0.6 is 15.9 Å². The lowest BCUT2D eigenvalue weighted by Crippen LogP contribution is -2.19. The number of benzene rings is 1. The van der Waals surface area contributed by atoms with E-state index in [9.17, 15) is 4.39 Å². The van der Waals surface area contributed by atoms with Crippen molar-refractivity contribution in [2.24, 2.45) is 0 Å². The van der Waals surface area contributed by atoms with Crippen molar-refractivity contribution < 1.29 is 8.81 Å². The molecule has 0 spiro atoms. The molecule has 1 unspecified atom stereocenters. The molecule has 1 heterocycles. The molecule has 2 rings (SSSR count). The van der Waals surface area contributed by atoms with Crippen LogP contribution in [0, 0.1) is 5.82 Å². The highest BCUT2D eigenvalue weighted by Gasteiger charge is 2.14. The lowest BCUT2D eigenvalue weighted by atomic mass is 10.1. The van der Waals surface area contributed by atoms with E-state index < -0.39 is 0 Å². The fraction of sp³-hybridized carbons (Fsp3) is 0.385. The summed E-state index contributed by atoms with van der Waals surface area (Å²) in [6.07, 6.45) is 0.942. The second-order valence-corrected chi connectivity index (χ2v) is 4.83. The summed E-state index contributed by atoms with van der Waals surface area (Å²) in [5.41, 5.74) is 0.594. The third kappa shape index (κ3) is 2.53. The number of hydrogen-bond acceptors (Lipinski definition) is 2. The molecule has 0 amide bonds. The van der Waals surface area contributed by atoms with Gasteiger partial charge in [0.15, 0.2) is 0 Å². The van der Waals surface area contributed by atoms with E-state index in [1.165, 1.54) is 6.07 Å². The molecule has 1 aromatic carbocycles. The zero-order valence-corrected chi connectivity index (χ0v) is 11.5. The van der Waals surface area contributed by atoms with Gasteiger partial charge in [0.05, 0.1) is 10.5 Å². The van der Waals surface area contributed by atoms with Crippen LogP contribution in [0.4, 0.5) is 4.39 Å². The van der Waals surface area contributed by atoms with Gasteiger partial charge in [-0.25, -0.2) is 4.39 Å². The van der Waals surface area contributed by atoms with Crippen molar-refractivity contribution in [2.75, 3.05) is 6.54 Å². The molecule has 0 radical (unpaired) electrons. The minimum absolute atomic E-state index is 0.189. The van der Waals surface area contributed by atoms with Crippen molar-refractivity contribution in [3.8, 4) is 0 Å². The first-order valence-corrected chi connectivity index (χ1v) is 6.56. The normalized spacial score (nSPS) is 13.2. The Balaban J connectivity index is 2.43. The number of fused-ring (bicyclic) bond motifs is 1. The van der Waals surface area contributed by atoms with Gasteiger partial charge in [-0.15, -0.1) is 0 Å².